The molecule has 1 unspecified atom stereocenters. The number of hydrogen-bond donors (Lipinski definition) is 0. The number of carbonyl (C=O) groups excluding carboxylic acids is 1. The third kappa shape index (κ3) is 3.80. The maximum absolute atomic E-state index is 12.6. The molecule has 0 spiro atoms. The molecule has 20 heavy (non-hydrogen) atoms. The molecule has 116 valence electrons. The lowest BCUT2D eigenvalue weighted by Crippen LogP contribution is -2.44. The fourth-order valence-corrected chi connectivity index (χ4v) is 3.57. The van der Waals surface area contributed by atoms with Crippen LogP contribution >= 0.6 is 11.6 Å². The number of halogens is 4. The van der Waals surface area contributed by atoms with Crippen LogP contribution in [0.1, 0.15) is 38.5 Å². The van der Waals surface area contributed by atoms with Crippen LogP contribution in [0, 0.1) is 17.8 Å². The van der Waals surface area contributed by atoms with Gasteiger partial charge in [-0.05, 0) is 44.4 Å². The van der Waals surface area contributed by atoms with E-state index in [0.717, 1.165) is 19.4 Å². The predicted octanol–water partition coefficient (Wildman–Crippen LogP) is 3.83. The van der Waals surface area contributed by atoms with Gasteiger partial charge in [0.05, 0.1) is 5.92 Å². The Morgan fingerprint density at radius 2 is 1.80 bits per heavy atom. The van der Waals surface area contributed by atoms with Crippen molar-refractivity contribution in [1.82, 2.24) is 4.90 Å². The molecule has 1 aliphatic carbocycles. The van der Waals surface area contributed by atoms with Gasteiger partial charge in [-0.25, -0.2) is 0 Å². The Kier molecular flexibility index (Phi) is 5.21. The van der Waals surface area contributed by atoms with Crippen molar-refractivity contribution in [3.63, 3.8) is 0 Å². The number of rotatable bonds is 2. The van der Waals surface area contributed by atoms with E-state index in [1.54, 1.807) is 0 Å². The molecule has 0 N–H and O–H groups in total. The summed E-state index contributed by atoms with van der Waals surface area (Å²) in [5.41, 5.74) is 0. The topological polar surface area (TPSA) is 20.3 Å². The zero-order valence-corrected chi connectivity index (χ0v) is 12.2. The Labute approximate surface area is 122 Å². The molecule has 1 atom stereocenters. The van der Waals surface area contributed by atoms with E-state index in [4.69, 9.17) is 11.6 Å². The number of alkyl halides is 4. The summed E-state index contributed by atoms with van der Waals surface area (Å²) in [5.74, 6) is -0.516. The number of piperidine rings is 1. The van der Waals surface area contributed by atoms with Crippen molar-refractivity contribution in [1.29, 1.82) is 0 Å². The number of hydrogen-bond acceptors (Lipinski definition) is 1. The standard InChI is InChI=1S/C14H21ClF3NO/c15-8-10-2-1-7-19(9-10)13(20)11-3-5-12(6-4-11)14(16,17)18/h10-12H,1-9H2. The summed E-state index contributed by atoms with van der Waals surface area (Å²) >= 11 is 5.84. The normalized spacial score (nSPS) is 32.2. The van der Waals surface area contributed by atoms with Gasteiger partial charge < -0.3 is 4.90 Å². The van der Waals surface area contributed by atoms with E-state index in [2.05, 4.69) is 0 Å². The van der Waals surface area contributed by atoms with Crippen molar-refractivity contribution >= 4 is 17.5 Å². The molecule has 2 fully saturated rings. The van der Waals surface area contributed by atoms with Crippen molar-refractivity contribution < 1.29 is 18.0 Å². The van der Waals surface area contributed by atoms with Crippen LogP contribution < -0.4 is 0 Å². The summed E-state index contributed by atoms with van der Waals surface area (Å²) in [4.78, 5) is 14.2. The highest BCUT2D eigenvalue weighted by Gasteiger charge is 2.43. The van der Waals surface area contributed by atoms with Crippen molar-refractivity contribution in [2.45, 2.75) is 44.7 Å². The first-order valence-corrected chi connectivity index (χ1v) is 7.86. The number of amides is 1. The third-order valence-electron chi connectivity index (χ3n) is 4.59. The molecule has 1 saturated heterocycles. The highest BCUT2D eigenvalue weighted by Crippen LogP contribution is 2.40. The van der Waals surface area contributed by atoms with Gasteiger partial charge in [-0.3, -0.25) is 4.79 Å². The third-order valence-corrected chi connectivity index (χ3v) is 5.02. The largest absolute Gasteiger partial charge is 0.391 e. The summed E-state index contributed by atoms with van der Waals surface area (Å²) in [6.45, 7) is 1.40. The lowest BCUT2D eigenvalue weighted by Gasteiger charge is -2.36. The van der Waals surface area contributed by atoms with E-state index in [1.807, 2.05) is 4.90 Å². The van der Waals surface area contributed by atoms with Crippen LogP contribution in [0.3, 0.4) is 0 Å². The molecular formula is C14H21ClF3NO. The van der Waals surface area contributed by atoms with Crippen molar-refractivity contribution in [3.8, 4) is 0 Å². The lowest BCUT2D eigenvalue weighted by molar-refractivity contribution is -0.185. The predicted molar refractivity (Wildman–Crippen MR) is 71.5 cm³/mol. The molecule has 1 saturated carbocycles. The lowest BCUT2D eigenvalue weighted by atomic mass is 9.80. The number of likely N-dealkylation sites (tertiary alicyclic amines) is 1. The minimum Gasteiger partial charge on any atom is -0.342 e. The summed E-state index contributed by atoms with van der Waals surface area (Å²) in [6, 6.07) is 0. The van der Waals surface area contributed by atoms with Gasteiger partial charge in [0.15, 0.2) is 0 Å². The first-order valence-electron chi connectivity index (χ1n) is 7.33. The van der Waals surface area contributed by atoms with E-state index >= 15 is 0 Å². The van der Waals surface area contributed by atoms with Crippen LogP contribution in [-0.4, -0.2) is 36.0 Å². The minimum absolute atomic E-state index is 0.0421. The highest BCUT2D eigenvalue weighted by molar-refractivity contribution is 6.18. The smallest absolute Gasteiger partial charge is 0.342 e. The Balaban J connectivity index is 1.85. The van der Waals surface area contributed by atoms with Gasteiger partial charge >= 0.3 is 6.18 Å². The summed E-state index contributed by atoms with van der Waals surface area (Å²) in [6.07, 6.45) is -1.21. The Morgan fingerprint density at radius 3 is 2.35 bits per heavy atom. The first kappa shape index (κ1) is 15.9. The fourth-order valence-electron chi connectivity index (χ4n) is 3.32. The molecule has 2 rings (SSSR count). The van der Waals surface area contributed by atoms with Crippen LogP contribution in [0.25, 0.3) is 0 Å². The number of carbonyl (C=O) groups is 1. The molecule has 0 aromatic rings. The van der Waals surface area contributed by atoms with E-state index in [-0.39, 0.29) is 24.7 Å². The van der Waals surface area contributed by atoms with Crippen molar-refractivity contribution in [2.75, 3.05) is 19.0 Å². The van der Waals surface area contributed by atoms with E-state index in [9.17, 15) is 18.0 Å². The van der Waals surface area contributed by atoms with Gasteiger partial charge in [0, 0.05) is 24.9 Å². The molecular weight excluding hydrogens is 291 g/mol. The second-order valence-electron chi connectivity index (χ2n) is 6.04. The summed E-state index contributed by atoms with van der Waals surface area (Å²) in [7, 11) is 0. The van der Waals surface area contributed by atoms with Crippen LogP contribution in [0.15, 0.2) is 0 Å². The Morgan fingerprint density at radius 1 is 1.15 bits per heavy atom. The molecule has 0 bridgehead atoms. The molecule has 0 radical (unpaired) electrons. The van der Waals surface area contributed by atoms with Crippen LogP contribution in [-0.2, 0) is 4.79 Å². The van der Waals surface area contributed by atoms with Crippen LogP contribution in [0.5, 0.6) is 0 Å². The highest BCUT2D eigenvalue weighted by atomic mass is 35.5. The van der Waals surface area contributed by atoms with Crippen molar-refractivity contribution in [3.05, 3.63) is 0 Å². The van der Waals surface area contributed by atoms with Gasteiger partial charge in [-0.1, -0.05) is 0 Å². The average molecular weight is 312 g/mol. The molecule has 1 amide bonds. The van der Waals surface area contributed by atoms with Gasteiger partial charge in [0.25, 0.3) is 0 Å². The van der Waals surface area contributed by atoms with E-state index in [1.165, 1.54) is 0 Å². The Bertz CT molecular complexity index is 340. The molecule has 2 nitrogen and oxygen atoms in total. The number of nitrogens with zero attached hydrogens (tertiary/aromatic N) is 1. The second-order valence-corrected chi connectivity index (χ2v) is 6.35. The van der Waals surface area contributed by atoms with E-state index in [0.29, 0.717) is 31.2 Å². The molecule has 2 aliphatic rings. The zero-order valence-electron chi connectivity index (χ0n) is 11.5. The maximum Gasteiger partial charge on any atom is 0.391 e. The monoisotopic (exact) mass is 311 g/mol. The van der Waals surface area contributed by atoms with Gasteiger partial charge in [0.2, 0.25) is 5.91 Å². The molecule has 1 heterocycles. The van der Waals surface area contributed by atoms with Gasteiger partial charge in [0.1, 0.15) is 0 Å². The van der Waals surface area contributed by atoms with Gasteiger partial charge in [-0.15, -0.1) is 11.6 Å². The first-order chi connectivity index (χ1) is 9.41. The Hall–Kier alpha value is -0.450. The van der Waals surface area contributed by atoms with Crippen LogP contribution in [0.4, 0.5) is 13.2 Å². The van der Waals surface area contributed by atoms with E-state index < -0.39 is 12.1 Å². The molecule has 0 aromatic heterocycles. The second kappa shape index (κ2) is 6.54. The molecule has 1 aliphatic heterocycles. The minimum atomic E-state index is -4.11. The quantitative estimate of drug-likeness (QED) is 0.710. The molecule has 6 heteroatoms. The molecule has 0 aromatic carbocycles. The summed E-state index contributed by atoms with van der Waals surface area (Å²) < 4.78 is 37.8. The zero-order chi connectivity index (χ0) is 14.8. The van der Waals surface area contributed by atoms with Crippen LogP contribution in [0.2, 0.25) is 0 Å². The average Bonchev–Trinajstić information content (AvgIpc) is 2.46. The van der Waals surface area contributed by atoms with Gasteiger partial charge in [-0.2, -0.15) is 13.2 Å². The maximum atomic E-state index is 12.6. The fraction of sp³-hybridized carbons (Fsp3) is 0.929. The SMILES string of the molecule is O=C(C1CCC(C(F)(F)F)CC1)N1CCCC(CCl)C1. The van der Waals surface area contributed by atoms with Crippen molar-refractivity contribution in [2.24, 2.45) is 17.8 Å². The summed E-state index contributed by atoms with van der Waals surface area (Å²) in [5, 5.41) is 0.